The summed E-state index contributed by atoms with van der Waals surface area (Å²) in [5.41, 5.74) is 6.89. The second-order valence-corrected chi connectivity index (χ2v) is 6.68. The number of halogens is 1. The second kappa shape index (κ2) is 6.78. The van der Waals surface area contributed by atoms with Gasteiger partial charge in [0.05, 0.1) is 7.11 Å². The van der Waals surface area contributed by atoms with E-state index in [2.05, 4.69) is 18.7 Å². The molecule has 20 heavy (non-hydrogen) atoms. The van der Waals surface area contributed by atoms with Gasteiger partial charge in [-0.15, -0.1) is 0 Å². The number of hydrogen-bond donors (Lipinski definition) is 1. The SMILES string of the molecule is COc1ccc(C(CN)N2CCSC(C)C2C)cc1F. The molecule has 2 rings (SSSR count). The van der Waals surface area contributed by atoms with Crippen LogP contribution in [0.1, 0.15) is 25.5 Å². The number of benzene rings is 1. The first-order valence-electron chi connectivity index (χ1n) is 6.99. The summed E-state index contributed by atoms with van der Waals surface area (Å²) in [7, 11) is 1.48. The molecule has 0 bridgehead atoms. The van der Waals surface area contributed by atoms with Gasteiger partial charge in [0.15, 0.2) is 11.6 Å². The van der Waals surface area contributed by atoms with Crippen molar-refractivity contribution >= 4 is 11.8 Å². The van der Waals surface area contributed by atoms with Gasteiger partial charge in [0, 0.05) is 36.2 Å². The molecule has 1 aliphatic heterocycles. The third kappa shape index (κ3) is 3.10. The molecular weight excluding hydrogens is 275 g/mol. The number of thioether (sulfide) groups is 1. The van der Waals surface area contributed by atoms with Gasteiger partial charge in [-0.05, 0) is 24.6 Å². The smallest absolute Gasteiger partial charge is 0.165 e. The van der Waals surface area contributed by atoms with Gasteiger partial charge < -0.3 is 10.5 Å². The molecule has 1 saturated heterocycles. The normalized spacial score (nSPS) is 25.4. The lowest BCUT2D eigenvalue weighted by Gasteiger charge is -2.42. The van der Waals surface area contributed by atoms with E-state index in [1.165, 1.54) is 7.11 Å². The molecule has 3 nitrogen and oxygen atoms in total. The highest BCUT2D eigenvalue weighted by Gasteiger charge is 2.31. The van der Waals surface area contributed by atoms with E-state index in [1.54, 1.807) is 12.1 Å². The number of nitrogens with two attached hydrogens (primary N) is 1. The average molecular weight is 298 g/mol. The van der Waals surface area contributed by atoms with Gasteiger partial charge in [-0.1, -0.05) is 13.0 Å². The zero-order valence-electron chi connectivity index (χ0n) is 12.3. The molecular formula is C15H23FN2OS. The lowest BCUT2D eigenvalue weighted by molar-refractivity contribution is 0.150. The number of rotatable bonds is 4. The number of nitrogens with zero attached hydrogens (tertiary/aromatic N) is 1. The summed E-state index contributed by atoms with van der Waals surface area (Å²) in [5, 5.41) is 0.570. The molecule has 0 saturated carbocycles. The number of ether oxygens (including phenoxy) is 1. The lowest BCUT2D eigenvalue weighted by atomic mass is 10.0. The molecule has 2 N–H and O–H groups in total. The third-order valence-corrected chi connectivity index (χ3v) is 5.45. The van der Waals surface area contributed by atoms with Crippen LogP contribution in [0.3, 0.4) is 0 Å². The quantitative estimate of drug-likeness (QED) is 0.927. The first-order chi connectivity index (χ1) is 9.58. The molecule has 0 spiro atoms. The minimum atomic E-state index is -0.324. The minimum absolute atomic E-state index is 0.0637. The fraction of sp³-hybridized carbons (Fsp3) is 0.600. The molecule has 0 aromatic heterocycles. The summed E-state index contributed by atoms with van der Waals surface area (Å²) in [6.45, 7) is 5.95. The van der Waals surface area contributed by atoms with Crippen molar-refractivity contribution in [1.29, 1.82) is 0 Å². The second-order valence-electron chi connectivity index (χ2n) is 5.20. The zero-order valence-corrected chi connectivity index (χ0v) is 13.1. The summed E-state index contributed by atoms with van der Waals surface area (Å²) in [6.07, 6.45) is 0. The predicted molar refractivity (Wildman–Crippen MR) is 82.8 cm³/mol. The van der Waals surface area contributed by atoms with Crippen molar-refractivity contribution in [2.75, 3.05) is 26.0 Å². The van der Waals surface area contributed by atoms with Crippen LogP contribution >= 0.6 is 11.8 Å². The van der Waals surface area contributed by atoms with Gasteiger partial charge in [-0.25, -0.2) is 4.39 Å². The number of methoxy groups -OCH3 is 1. The largest absolute Gasteiger partial charge is 0.494 e. The molecule has 3 unspecified atom stereocenters. The predicted octanol–water partition coefficient (Wildman–Crippen LogP) is 2.66. The highest BCUT2D eigenvalue weighted by molar-refractivity contribution is 8.00. The highest BCUT2D eigenvalue weighted by Crippen LogP contribution is 2.32. The summed E-state index contributed by atoms with van der Waals surface area (Å²) in [5.74, 6) is 1.05. The van der Waals surface area contributed by atoms with Crippen molar-refractivity contribution in [3.63, 3.8) is 0 Å². The van der Waals surface area contributed by atoms with Crippen molar-refractivity contribution in [3.8, 4) is 5.75 Å². The van der Waals surface area contributed by atoms with Gasteiger partial charge in [-0.2, -0.15) is 11.8 Å². The van der Waals surface area contributed by atoms with E-state index < -0.39 is 0 Å². The molecule has 1 heterocycles. The molecule has 1 aromatic carbocycles. The van der Waals surface area contributed by atoms with Crippen LogP contribution in [0, 0.1) is 5.82 Å². The third-order valence-electron chi connectivity index (χ3n) is 4.12. The van der Waals surface area contributed by atoms with Crippen molar-refractivity contribution < 1.29 is 9.13 Å². The monoisotopic (exact) mass is 298 g/mol. The van der Waals surface area contributed by atoms with Gasteiger partial charge in [0.2, 0.25) is 0 Å². The summed E-state index contributed by atoms with van der Waals surface area (Å²) < 4.78 is 18.9. The van der Waals surface area contributed by atoms with Crippen LogP contribution < -0.4 is 10.5 Å². The van der Waals surface area contributed by atoms with Crippen LogP contribution in [0.4, 0.5) is 4.39 Å². The lowest BCUT2D eigenvalue weighted by Crippen LogP contribution is -2.48. The van der Waals surface area contributed by atoms with Crippen molar-refractivity contribution in [2.24, 2.45) is 5.73 Å². The topological polar surface area (TPSA) is 38.5 Å². The van der Waals surface area contributed by atoms with E-state index in [1.807, 2.05) is 17.8 Å². The molecule has 1 aromatic rings. The maximum atomic E-state index is 13.9. The van der Waals surface area contributed by atoms with Crippen LogP contribution in [0.5, 0.6) is 5.75 Å². The molecule has 3 atom stereocenters. The van der Waals surface area contributed by atoms with Gasteiger partial charge >= 0.3 is 0 Å². The molecule has 0 aliphatic carbocycles. The fourth-order valence-corrected chi connectivity index (χ4v) is 3.87. The average Bonchev–Trinajstić information content (AvgIpc) is 2.44. The maximum absolute atomic E-state index is 13.9. The van der Waals surface area contributed by atoms with E-state index in [-0.39, 0.29) is 17.6 Å². The minimum Gasteiger partial charge on any atom is -0.494 e. The standard InChI is InChI=1S/C15H23FN2OS/c1-10-11(2)20-7-6-18(10)14(9-17)12-4-5-15(19-3)13(16)8-12/h4-5,8,10-11,14H,6-7,9,17H2,1-3H3. The summed E-state index contributed by atoms with van der Waals surface area (Å²) in [6, 6.07) is 5.65. The zero-order chi connectivity index (χ0) is 14.7. The van der Waals surface area contributed by atoms with E-state index >= 15 is 0 Å². The van der Waals surface area contributed by atoms with Gasteiger partial charge in [-0.3, -0.25) is 4.90 Å². The van der Waals surface area contributed by atoms with Crippen LogP contribution in [0.15, 0.2) is 18.2 Å². The Morgan fingerprint density at radius 1 is 1.50 bits per heavy atom. The first-order valence-corrected chi connectivity index (χ1v) is 8.04. The van der Waals surface area contributed by atoms with E-state index in [4.69, 9.17) is 10.5 Å². The van der Waals surface area contributed by atoms with Crippen molar-refractivity contribution in [1.82, 2.24) is 4.90 Å². The molecule has 1 fully saturated rings. The first kappa shape index (κ1) is 15.6. The Kier molecular flexibility index (Phi) is 5.29. The molecule has 112 valence electrons. The van der Waals surface area contributed by atoms with Crippen LogP contribution in [0.25, 0.3) is 0 Å². The van der Waals surface area contributed by atoms with Crippen molar-refractivity contribution in [3.05, 3.63) is 29.6 Å². The van der Waals surface area contributed by atoms with Crippen molar-refractivity contribution in [2.45, 2.75) is 31.2 Å². The Balaban J connectivity index is 2.25. The Morgan fingerprint density at radius 2 is 2.25 bits per heavy atom. The summed E-state index contributed by atoms with van der Waals surface area (Å²) >= 11 is 1.99. The molecule has 1 aliphatic rings. The van der Waals surface area contributed by atoms with Crippen LogP contribution in [-0.4, -0.2) is 42.1 Å². The Morgan fingerprint density at radius 3 is 2.85 bits per heavy atom. The highest BCUT2D eigenvalue weighted by atomic mass is 32.2. The Hall–Kier alpha value is -0.780. The molecule has 0 amide bonds. The van der Waals surface area contributed by atoms with E-state index in [9.17, 15) is 4.39 Å². The van der Waals surface area contributed by atoms with E-state index in [0.717, 1.165) is 17.9 Å². The van der Waals surface area contributed by atoms with Crippen LogP contribution in [0.2, 0.25) is 0 Å². The fourth-order valence-electron chi connectivity index (χ4n) is 2.75. The van der Waals surface area contributed by atoms with Gasteiger partial charge in [0.25, 0.3) is 0 Å². The Bertz CT molecular complexity index is 457. The van der Waals surface area contributed by atoms with Gasteiger partial charge in [0.1, 0.15) is 0 Å². The van der Waals surface area contributed by atoms with E-state index in [0.29, 0.717) is 17.8 Å². The molecule has 0 radical (unpaired) electrons. The van der Waals surface area contributed by atoms with Crippen LogP contribution in [-0.2, 0) is 0 Å². The summed E-state index contributed by atoms with van der Waals surface area (Å²) in [4.78, 5) is 2.39. The Labute approximate surface area is 124 Å². The molecule has 5 heteroatoms. The maximum Gasteiger partial charge on any atom is 0.165 e. The number of hydrogen-bond acceptors (Lipinski definition) is 4.